The average molecular weight is 536 g/mol. The Morgan fingerprint density at radius 3 is 2.48 bits per heavy atom. The van der Waals surface area contributed by atoms with E-state index in [-0.39, 0.29) is 12.2 Å². The number of anilines is 2. The van der Waals surface area contributed by atoms with E-state index in [9.17, 15) is 14.0 Å². The van der Waals surface area contributed by atoms with Gasteiger partial charge in [0.15, 0.2) is 12.4 Å². The van der Waals surface area contributed by atoms with Gasteiger partial charge >= 0.3 is 0 Å². The predicted octanol–water partition coefficient (Wildman–Crippen LogP) is 5.17. The van der Waals surface area contributed by atoms with Gasteiger partial charge in [-0.2, -0.15) is 9.78 Å². The third-order valence-electron chi connectivity index (χ3n) is 6.10. The smallest absolute Gasteiger partial charge is 0.282 e. The molecule has 0 saturated carbocycles. The first-order chi connectivity index (χ1) is 19.4. The van der Waals surface area contributed by atoms with Crippen LogP contribution in [0.3, 0.4) is 0 Å². The molecular formula is C31H26FN5O3. The number of carbonyl (C=O) groups excluding carboxylic acids is 1. The van der Waals surface area contributed by atoms with Crippen LogP contribution in [0.15, 0.2) is 107 Å². The zero-order valence-corrected chi connectivity index (χ0v) is 21.9. The maximum Gasteiger partial charge on any atom is 0.282 e. The quantitative estimate of drug-likeness (QED) is 0.277. The Morgan fingerprint density at radius 2 is 1.73 bits per heavy atom. The second-order valence-electron chi connectivity index (χ2n) is 9.14. The summed E-state index contributed by atoms with van der Waals surface area (Å²) in [7, 11) is 3.78. The monoisotopic (exact) mass is 535 g/mol. The number of amides is 1. The van der Waals surface area contributed by atoms with Crippen LogP contribution in [0, 0.1) is 5.82 Å². The van der Waals surface area contributed by atoms with Gasteiger partial charge in [0.25, 0.3) is 11.5 Å². The number of nitrogens with one attached hydrogen (secondary N) is 1. The lowest BCUT2D eigenvalue weighted by atomic mass is 10.2. The van der Waals surface area contributed by atoms with E-state index < -0.39 is 11.7 Å². The van der Waals surface area contributed by atoms with Crippen molar-refractivity contribution >= 4 is 34.4 Å². The molecular weight excluding hydrogens is 509 g/mol. The zero-order valence-electron chi connectivity index (χ0n) is 21.9. The average Bonchev–Trinajstić information content (AvgIpc) is 2.97. The molecule has 1 heterocycles. The summed E-state index contributed by atoms with van der Waals surface area (Å²) in [5, 5.41) is 7.64. The Kier molecular flexibility index (Phi) is 7.63. The molecule has 0 radical (unpaired) electrons. The lowest BCUT2D eigenvalue weighted by Crippen LogP contribution is -2.21. The van der Waals surface area contributed by atoms with E-state index in [2.05, 4.69) is 10.4 Å². The number of hydrogen-bond acceptors (Lipinski definition) is 6. The molecule has 9 heteroatoms. The highest BCUT2D eigenvalue weighted by atomic mass is 19.1. The molecule has 1 amide bonds. The van der Waals surface area contributed by atoms with E-state index >= 15 is 0 Å². The number of aromatic nitrogens is 2. The standard InChI is InChI=1S/C31H26FN5O3/c1-36(2)25-17-12-22(28(18-25)40-20-29(38)34-24-15-13-23(32)14-16-24)19-33-37-30(21-8-4-3-5-9-21)35-27-11-7-6-10-26(27)31(37)39/h3-19H,20H2,1-2H3,(H,34,38). The number of halogens is 1. The van der Waals surface area contributed by atoms with Crippen molar-refractivity contribution in [2.75, 3.05) is 30.9 Å². The molecule has 0 bridgehead atoms. The third-order valence-corrected chi connectivity index (χ3v) is 6.10. The van der Waals surface area contributed by atoms with E-state index in [1.807, 2.05) is 61.5 Å². The number of rotatable bonds is 8. The minimum atomic E-state index is -0.411. The fourth-order valence-electron chi connectivity index (χ4n) is 4.03. The van der Waals surface area contributed by atoms with Crippen molar-refractivity contribution in [3.63, 3.8) is 0 Å². The number of hydrogen-bond donors (Lipinski definition) is 1. The number of para-hydroxylation sites is 1. The number of carbonyl (C=O) groups is 1. The first-order valence-electron chi connectivity index (χ1n) is 12.5. The van der Waals surface area contributed by atoms with E-state index in [0.717, 1.165) is 11.3 Å². The minimum Gasteiger partial charge on any atom is -0.483 e. The molecule has 0 saturated heterocycles. The lowest BCUT2D eigenvalue weighted by molar-refractivity contribution is -0.118. The lowest BCUT2D eigenvalue weighted by Gasteiger charge is -2.16. The summed E-state index contributed by atoms with van der Waals surface area (Å²) >= 11 is 0. The molecule has 40 heavy (non-hydrogen) atoms. The maximum absolute atomic E-state index is 13.5. The van der Waals surface area contributed by atoms with Crippen molar-refractivity contribution in [2.45, 2.75) is 0 Å². The van der Waals surface area contributed by atoms with Crippen molar-refractivity contribution in [2.24, 2.45) is 5.10 Å². The van der Waals surface area contributed by atoms with Crippen LogP contribution in [0.5, 0.6) is 5.75 Å². The van der Waals surface area contributed by atoms with Crippen LogP contribution in [0.1, 0.15) is 5.56 Å². The Labute approximate surface area is 230 Å². The second kappa shape index (κ2) is 11.6. The Hall–Kier alpha value is -5.31. The van der Waals surface area contributed by atoms with Crippen molar-refractivity contribution in [1.82, 2.24) is 9.66 Å². The second-order valence-corrected chi connectivity index (χ2v) is 9.14. The minimum absolute atomic E-state index is 0.290. The molecule has 0 unspecified atom stereocenters. The molecule has 5 rings (SSSR count). The highest BCUT2D eigenvalue weighted by Crippen LogP contribution is 2.25. The molecule has 1 N–H and O–H groups in total. The molecule has 0 spiro atoms. The molecule has 0 aliphatic heterocycles. The van der Waals surface area contributed by atoms with E-state index in [4.69, 9.17) is 9.72 Å². The normalized spacial score (nSPS) is 11.1. The summed E-state index contributed by atoms with van der Waals surface area (Å²) in [5.74, 6) is -0.0141. The van der Waals surface area contributed by atoms with Gasteiger partial charge in [-0.25, -0.2) is 9.37 Å². The Bertz CT molecular complexity index is 1750. The van der Waals surface area contributed by atoms with Crippen LogP contribution >= 0.6 is 0 Å². The van der Waals surface area contributed by atoms with Crippen LogP contribution in [-0.4, -0.2) is 42.5 Å². The van der Waals surface area contributed by atoms with Gasteiger partial charge in [-0.1, -0.05) is 42.5 Å². The SMILES string of the molecule is CN(C)c1ccc(C=Nn2c(-c3ccccc3)nc3ccccc3c2=O)c(OCC(=O)Nc2ccc(F)cc2)c1. The van der Waals surface area contributed by atoms with Crippen LogP contribution in [-0.2, 0) is 4.79 Å². The van der Waals surface area contributed by atoms with Crippen molar-refractivity contribution < 1.29 is 13.9 Å². The summed E-state index contributed by atoms with van der Waals surface area (Å²) in [5.41, 5.74) is 2.85. The van der Waals surface area contributed by atoms with Gasteiger partial charge in [-0.05, 0) is 48.5 Å². The van der Waals surface area contributed by atoms with Crippen LogP contribution in [0.4, 0.5) is 15.8 Å². The molecule has 200 valence electrons. The first-order valence-corrected chi connectivity index (χ1v) is 12.5. The predicted molar refractivity (Wildman–Crippen MR) is 156 cm³/mol. The van der Waals surface area contributed by atoms with Gasteiger partial charge in [-0.15, -0.1) is 0 Å². The highest BCUT2D eigenvalue weighted by Gasteiger charge is 2.13. The Morgan fingerprint density at radius 1 is 1.00 bits per heavy atom. The van der Waals surface area contributed by atoms with Crippen molar-refractivity contribution in [3.05, 3.63) is 119 Å². The zero-order chi connectivity index (χ0) is 28.1. The van der Waals surface area contributed by atoms with Crippen LogP contribution in [0.25, 0.3) is 22.3 Å². The van der Waals surface area contributed by atoms with Gasteiger partial charge in [-0.3, -0.25) is 9.59 Å². The van der Waals surface area contributed by atoms with Gasteiger partial charge in [0, 0.05) is 42.7 Å². The number of fused-ring (bicyclic) bond motifs is 1. The summed E-state index contributed by atoms with van der Waals surface area (Å²) < 4.78 is 20.3. The number of benzene rings is 4. The summed E-state index contributed by atoms with van der Waals surface area (Å²) in [6.07, 6.45) is 1.51. The molecule has 0 fully saturated rings. The van der Waals surface area contributed by atoms with Gasteiger partial charge in [0.1, 0.15) is 11.6 Å². The summed E-state index contributed by atoms with van der Waals surface area (Å²) in [6.45, 7) is -0.290. The van der Waals surface area contributed by atoms with Crippen molar-refractivity contribution in [3.8, 4) is 17.1 Å². The molecule has 8 nitrogen and oxygen atoms in total. The van der Waals surface area contributed by atoms with Gasteiger partial charge < -0.3 is 15.0 Å². The molecule has 0 aliphatic rings. The van der Waals surface area contributed by atoms with Crippen LogP contribution < -0.4 is 20.5 Å². The van der Waals surface area contributed by atoms with Crippen molar-refractivity contribution in [1.29, 1.82) is 0 Å². The van der Waals surface area contributed by atoms with E-state index in [1.165, 1.54) is 35.2 Å². The number of ether oxygens (including phenoxy) is 1. The summed E-state index contributed by atoms with van der Waals surface area (Å²) in [4.78, 5) is 32.6. The fourth-order valence-corrected chi connectivity index (χ4v) is 4.03. The molecule has 4 aromatic carbocycles. The molecule has 5 aromatic rings. The molecule has 0 atom stereocenters. The van der Waals surface area contributed by atoms with Gasteiger partial charge in [0.2, 0.25) is 0 Å². The molecule has 1 aromatic heterocycles. The van der Waals surface area contributed by atoms with E-state index in [0.29, 0.717) is 33.7 Å². The Balaban J connectivity index is 1.49. The first kappa shape index (κ1) is 26.3. The fraction of sp³-hybridized carbons (Fsp3) is 0.0968. The van der Waals surface area contributed by atoms with E-state index in [1.54, 1.807) is 30.3 Å². The largest absolute Gasteiger partial charge is 0.483 e. The summed E-state index contributed by atoms with van der Waals surface area (Å²) in [6, 6.07) is 27.4. The molecule has 0 aliphatic carbocycles. The third kappa shape index (κ3) is 5.88. The topological polar surface area (TPSA) is 88.8 Å². The maximum atomic E-state index is 13.5. The number of nitrogens with zero attached hydrogens (tertiary/aromatic N) is 4. The van der Waals surface area contributed by atoms with Gasteiger partial charge in [0.05, 0.1) is 17.1 Å². The van der Waals surface area contributed by atoms with Crippen LogP contribution in [0.2, 0.25) is 0 Å². The highest BCUT2D eigenvalue weighted by molar-refractivity contribution is 5.92.